The zero-order chi connectivity index (χ0) is 22.7. The Kier molecular flexibility index (Phi) is 6.74. The van der Waals surface area contributed by atoms with Gasteiger partial charge < -0.3 is 15.3 Å². The van der Waals surface area contributed by atoms with E-state index >= 15 is 0 Å². The number of Topliss-reactive ketones (excluding diaryl/α,β-unsaturated/α-hetero) is 1. The van der Waals surface area contributed by atoms with E-state index in [-0.39, 0.29) is 18.7 Å². The first-order valence-corrected chi connectivity index (χ1v) is 10.8. The number of aliphatic hydroxyl groups excluding tert-OH is 3. The van der Waals surface area contributed by atoms with Gasteiger partial charge >= 0.3 is 0 Å². The van der Waals surface area contributed by atoms with Gasteiger partial charge in [0, 0.05) is 35.3 Å². The molecule has 0 spiro atoms. The summed E-state index contributed by atoms with van der Waals surface area (Å²) < 4.78 is 13.6. The van der Waals surface area contributed by atoms with E-state index in [2.05, 4.69) is 0 Å². The fourth-order valence-corrected chi connectivity index (χ4v) is 3.99. The smallest absolute Gasteiger partial charge is 0.160 e. The Balaban J connectivity index is 1.75. The quantitative estimate of drug-likeness (QED) is 0.473. The molecular formula is C26H26FNO4. The van der Waals surface area contributed by atoms with Gasteiger partial charge in [0.25, 0.3) is 0 Å². The number of rotatable bonds is 9. The molecule has 0 radical (unpaired) electrons. The van der Waals surface area contributed by atoms with Crippen molar-refractivity contribution >= 4 is 22.8 Å². The minimum absolute atomic E-state index is 0.0199. The maximum atomic E-state index is 13.6. The van der Waals surface area contributed by atoms with Crippen LogP contribution in [0, 0.1) is 5.82 Å². The van der Waals surface area contributed by atoms with Crippen molar-refractivity contribution in [1.29, 1.82) is 0 Å². The topological polar surface area (TPSA) is 90.7 Å². The van der Waals surface area contributed by atoms with Gasteiger partial charge in [0.05, 0.1) is 23.4 Å². The molecule has 3 aromatic rings. The van der Waals surface area contributed by atoms with Gasteiger partial charge in [-0.1, -0.05) is 42.5 Å². The molecule has 3 N–H and O–H groups in total. The van der Waals surface area contributed by atoms with Crippen LogP contribution in [0.15, 0.2) is 54.6 Å². The molecule has 166 valence electrons. The molecule has 1 aliphatic carbocycles. The van der Waals surface area contributed by atoms with Crippen LogP contribution < -0.4 is 0 Å². The molecule has 1 aliphatic rings. The predicted molar refractivity (Wildman–Crippen MR) is 121 cm³/mol. The summed E-state index contributed by atoms with van der Waals surface area (Å²) in [5.41, 5.74) is 4.47. The highest BCUT2D eigenvalue weighted by molar-refractivity contribution is 5.99. The van der Waals surface area contributed by atoms with Crippen molar-refractivity contribution < 1.29 is 24.5 Å². The molecule has 32 heavy (non-hydrogen) atoms. The number of halogens is 1. The van der Waals surface area contributed by atoms with Crippen molar-refractivity contribution in [3.63, 3.8) is 0 Å². The molecule has 1 aromatic heterocycles. The van der Waals surface area contributed by atoms with Crippen LogP contribution in [-0.2, 0) is 4.79 Å². The number of carbonyl (C=O) groups excluding carboxylic acids is 1. The standard InChI is InChI=1S/C26H26FNO4/c27-18-9-7-16(8-10-18)25-22-3-1-2-4-24(22)28-26(17-5-6-17)23(25)12-11-19(30)13-20(31)14-21(32)15-29/h1-4,7-12,17,19-20,29-31H,5-6,13-15H2/b12-11+/t19-,20-/m1/s1. The van der Waals surface area contributed by atoms with Gasteiger partial charge in [-0.25, -0.2) is 4.39 Å². The van der Waals surface area contributed by atoms with Crippen LogP contribution in [0.4, 0.5) is 4.39 Å². The molecule has 4 rings (SSSR count). The Bertz CT molecular complexity index is 1140. The second-order valence-electron chi connectivity index (χ2n) is 8.30. The maximum Gasteiger partial charge on any atom is 0.160 e. The number of hydrogen-bond acceptors (Lipinski definition) is 5. The lowest BCUT2D eigenvalue weighted by molar-refractivity contribution is -0.123. The van der Waals surface area contributed by atoms with E-state index in [1.54, 1.807) is 18.2 Å². The summed E-state index contributed by atoms with van der Waals surface area (Å²) in [6.45, 7) is -0.627. The molecule has 0 aliphatic heterocycles. The first kappa shape index (κ1) is 22.3. The van der Waals surface area contributed by atoms with Crippen LogP contribution in [-0.4, -0.2) is 44.9 Å². The van der Waals surface area contributed by atoms with Crippen molar-refractivity contribution in [3.8, 4) is 11.1 Å². The molecule has 5 nitrogen and oxygen atoms in total. The second-order valence-corrected chi connectivity index (χ2v) is 8.30. The lowest BCUT2D eigenvalue weighted by atomic mass is 9.92. The third-order valence-corrected chi connectivity index (χ3v) is 5.69. The molecule has 1 heterocycles. The van der Waals surface area contributed by atoms with Crippen molar-refractivity contribution in [3.05, 3.63) is 71.7 Å². The highest BCUT2D eigenvalue weighted by atomic mass is 19.1. The van der Waals surface area contributed by atoms with E-state index in [1.807, 2.05) is 30.3 Å². The monoisotopic (exact) mass is 435 g/mol. The molecule has 0 saturated heterocycles. The molecular weight excluding hydrogens is 409 g/mol. The molecule has 1 fully saturated rings. The number of carbonyl (C=O) groups is 1. The summed E-state index contributed by atoms with van der Waals surface area (Å²) in [7, 11) is 0. The number of hydrogen-bond donors (Lipinski definition) is 3. The SMILES string of the molecule is O=C(CO)C[C@H](O)C[C@H](O)/C=C/c1c(C2CC2)nc2ccccc2c1-c1ccc(F)cc1. The minimum Gasteiger partial charge on any atom is -0.393 e. The van der Waals surface area contributed by atoms with Gasteiger partial charge in [-0.3, -0.25) is 9.78 Å². The van der Waals surface area contributed by atoms with Gasteiger partial charge in [-0.15, -0.1) is 0 Å². The zero-order valence-electron chi connectivity index (χ0n) is 17.6. The molecule has 2 atom stereocenters. The van der Waals surface area contributed by atoms with Crippen molar-refractivity contribution in [1.82, 2.24) is 4.98 Å². The largest absolute Gasteiger partial charge is 0.393 e. The Hall–Kier alpha value is -2.93. The van der Waals surface area contributed by atoms with Gasteiger partial charge in [0.1, 0.15) is 12.4 Å². The van der Waals surface area contributed by atoms with E-state index in [0.29, 0.717) is 5.92 Å². The van der Waals surface area contributed by atoms with E-state index in [1.165, 1.54) is 12.1 Å². The number of nitrogens with zero attached hydrogens (tertiary/aromatic N) is 1. The van der Waals surface area contributed by atoms with Gasteiger partial charge in [-0.05, 0) is 36.6 Å². The highest BCUT2D eigenvalue weighted by Crippen LogP contribution is 2.45. The fraction of sp³-hybridized carbons (Fsp3) is 0.308. The van der Waals surface area contributed by atoms with Crippen LogP contribution in [0.2, 0.25) is 0 Å². The van der Waals surface area contributed by atoms with Gasteiger partial charge in [0.15, 0.2) is 5.78 Å². The molecule has 0 unspecified atom stereocenters. The Morgan fingerprint density at radius 1 is 1.12 bits per heavy atom. The summed E-state index contributed by atoms with van der Waals surface area (Å²) in [6.07, 6.45) is 3.26. The predicted octanol–water partition coefficient (Wildman–Crippen LogP) is 3.99. The first-order chi connectivity index (χ1) is 15.5. The lowest BCUT2D eigenvalue weighted by Gasteiger charge is -2.16. The fourth-order valence-electron chi connectivity index (χ4n) is 3.99. The van der Waals surface area contributed by atoms with Gasteiger partial charge in [-0.2, -0.15) is 0 Å². The van der Waals surface area contributed by atoms with Crippen molar-refractivity contribution in [2.24, 2.45) is 0 Å². The van der Waals surface area contributed by atoms with E-state index in [0.717, 1.165) is 46.1 Å². The number of aliphatic hydroxyl groups is 3. The van der Waals surface area contributed by atoms with E-state index < -0.39 is 24.6 Å². The van der Waals surface area contributed by atoms with E-state index in [4.69, 9.17) is 10.1 Å². The lowest BCUT2D eigenvalue weighted by Crippen LogP contribution is -2.20. The number of aromatic nitrogens is 1. The van der Waals surface area contributed by atoms with E-state index in [9.17, 15) is 19.4 Å². The molecule has 0 amide bonds. The average Bonchev–Trinajstić information content (AvgIpc) is 3.62. The minimum atomic E-state index is -1.04. The van der Waals surface area contributed by atoms with Gasteiger partial charge in [0.2, 0.25) is 0 Å². The van der Waals surface area contributed by atoms with Crippen LogP contribution in [0.3, 0.4) is 0 Å². The highest BCUT2D eigenvalue weighted by Gasteiger charge is 2.29. The normalized spacial score (nSPS) is 15.9. The maximum absolute atomic E-state index is 13.6. The summed E-state index contributed by atoms with van der Waals surface area (Å²) in [5.74, 6) is -0.446. The number of benzene rings is 2. The molecule has 0 bridgehead atoms. The van der Waals surface area contributed by atoms with Crippen molar-refractivity contribution in [2.45, 2.75) is 43.8 Å². The van der Waals surface area contributed by atoms with Crippen LogP contribution in [0.5, 0.6) is 0 Å². The molecule has 1 saturated carbocycles. The second kappa shape index (κ2) is 9.69. The summed E-state index contributed by atoms with van der Waals surface area (Å²) in [6, 6.07) is 14.2. The number of ketones is 1. The van der Waals surface area contributed by atoms with Crippen LogP contribution in [0.1, 0.15) is 42.9 Å². The summed E-state index contributed by atoms with van der Waals surface area (Å²) in [5, 5.41) is 30.2. The Labute approximate surface area is 185 Å². The third kappa shape index (κ3) is 5.10. The number of para-hydroxylation sites is 1. The summed E-state index contributed by atoms with van der Waals surface area (Å²) in [4.78, 5) is 16.2. The first-order valence-electron chi connectivity index (χ1n) is 10.8. The number of fused-ring (bicyclic) bond motifs is 1. The van der Waals surface area contributed by atoms with Crippen LogP contribution >= 0.6 is 0 Å². The number of pyridine rings is 1. The third-order valence-electron chi connectivity index (χ3n) is 5.69. The Morgan fingerprint density at radius 2 is 1.84 bits per heavy atom. The average molecular weight is 435 g/mol. The molecule has 2 aromatic carbocycles. The van der Waals surface area contributed by atoms with Crippen molar-refractivity contribution in [2.75, 3.05) is 6.61 Å². The summed E-state index contributed by atoms with van der Waals surface area (Å²) >= 11 is 0. The van der Waals surface area contributed by atoms with Crippen LogP contribution in [0.25, 0.3) is 28.1 Å². The molecule has 6 heteroatoms. The Morgan fingerprint density at radius 3 is 2.53 bits per heavy atom. The zero-order valence-corrected chi connectivity index (χ0v) is 17.6.